The minimum absolute atomic E-state index is 0.181. The van der Waals surface area contributed by atoms with Gasteiger partial charge in [-0.2, -0.15) is 0 Å². The van der Waals surface area contributed by atoms with Crippen molar-refractivity contribution in [2.45, 2.75) is 19.8 Å². The second kappa shape index (κ2) is 7.39. The first-order valence-corrected chi connectivity index (χ1v) is 8.49. The fourth-order valence-electron chi connectivity index (χ4n) is 3.35. The van der Waals surface area contributed by atoms with Gasteiger partial charge in [-0.05, 0) is 24.5 Å². The van der Waals surface area contributed by atoms with E-state index in [0.717, 1.165) is 5.69 Å². The number of ether oxygens (including phenoxy) is 1. The Hall–Kier alpha value is -2.81. The van der Waals surface area contributed by atoms with E-state index in [1.165, 1.54) is 35.1 Å². The van der Waals surface area contributed by atoms with E-state index >= 15 is 0 Å². The average molecular weight is 333 g/mol. The average Bonchev–Trinajstić information content (AvgIpc) is 2.92. The summed E-state index contributed by atoms with van der Waals surface area (Å²) in [6.07, 6.45) is 1.03. The number of benzene rings is 2. The summed E-state index contributed by atoms with van der Waals surface area (Å²) in [6.45, 7) is 2.14. The first-order valence-electron chi connectivity index (χ1n) is 8.49. The molecule has 0 aliphatic rings. The summed E-state index contributed by atoms with van der Waals surface area (Å²) >= 11 is 0. The highest BCUT2D eigenvalue weighted by Gasteiger charge is 2.21. The molecule has 1 aromatic heterocycles. The molecule has 0 saturated carbocycles. The minimum atomic E-state index is -0.181. The number of aromatic nitrogens is 1. The SMILES string of the molecule is COC(=O)CCc1c(-c2ccccc2)c(-c2ccccc2)c(C)n1C. The molecule has 3 nitrogen and oxygen atoms in total. The van der Waals surface area contributed by atoms with Gasteiger partial charge in [0.05, 0.1) is 13.5 Å². The van der Waals surface area contributed by atoms with Crippen molar-refractivity contribution in [3.8, 4) is 22.3 Å². The van der Waals surface area contributed by atoms with Gasteiger partial charge in [-0.3, -0.25) is 4.79 Å². The molecule has 128 valence electrons. The van der Waals surface area contributed by atoms with Crippen LogP contribution in [0.15, 0.2) is 60.7 Å². The maximum Gasteiger partial charge on any atom is 0.305 e. The Bertz CT molecular complexity index is 864. The molecule has 0 N–H and O–H groups in total. The second-order valence-electron chi connectivity index (χ2n) is 6.15. The van der Waals surface area contributed by atoms with Crippen molar-refractivity contribution in [2.75, 3.05) is 7.11 Å². The minimum Gasteiger partial charge on any atom is -0.469 e. The number of methoxy groups -OCH3 is 1. The number of rotatable bonds is 5. The van der Waals surface area contributed by atoms with E-state index in [2.05, 4.69) is 67.1 Å². The van der Waals surface area contributed by atoms with Gasteiger partial charge in [-0.25, -0.2) is 0 Å². The van der Waals surface area contributed by atoms with E-state index in [-0.39, 0.29) is 5.97 Å². The lowest BCUT2D eigenvalue weighted by molar-refractivity contribution is -0.140. The van der Waals surface area contributed by atoms with Crippen LogP contribution in [0.3, 0.4) is 0 Å². The van der Waals surface area contributed by atoms with Crippen LogP contribution in [-0.2, 0) is 23.0 Å². The first-order chi connectivity index (χ1) is 12.1. The van der Waals surface area contributed by atoms with Gasteiger partial charge in [-0.15, -0.1) is 0 Å². The molecule has 0 bridgehead atoms. The molecule has 1 heterocycles. The monoisotopic (exact) mass is 333 g/mol. The third-order valence-corrected chi connectivity index (χ3v) is 4.73. The number of esters is 1. The van der Waals surface area contributed by atoms with E-state index in [1.807, 2.05) is 12.1 Å². The zero-order chi connectivity index (χ0) is 17.8. The van der Waals surface area contributed by atoms with Crippen molar-refractivity contribution in [1.29, 1.82) is 0 Å². The van der Waals surface area contributed by atoms with Gasteiger partial charge < -0.3 is 9.30 Å². The maximum absolute atomic E-state index is 11.7. The van der Waals surface area contributed by atoms with Crippen LogP contribution in [0, 0.1) is 6.92 Å². The third kappa shape index (κ3) is 3.36. The van der Waals surface area contributed by atoms with Gasteiger partial charge in [-0.1, -0.05) is 60.7 Å². The number of nitrogens with zero attached hydrogens (tertiary/aromatic N) is 1. The molecule has 0 amide bonds. The summed E-state index contributed by atoms with van der Waals surface area (Å²) in [4.78, 5) is 11.7. The predicted molar refractivity (Wildman–Crippen MR) is 101 cm³/mol. The van der Waals surface area contributed by atoms with Crippen LogP contribution in [0.4, 0.5) is 0 Å². The fraction of sp³-hybridized carbons (Fsp3) is 0.227. The molecule has 3 rings (SSSR count). The van der Waals surface area contributed by atoms with E-state index in [0.29, 0.717) is 12.8 Å². The van der Waals surface area contributed by atoms with Crippen molar-refractivity contribution in [3.05, 3.63) is 72.1 Å². The van der Waals surface area contributed by atoms with Crippen LogP contribution in [0.2, 0.25) is 0 Å². The van der Waals surface area contributed by atoms with Gasteiger partial charge in [0, 0.05) is 29.6 Å². The van der Waals surface area contributed by atoms with Crippen LogP contribution in [0.5, 0.6) is 0 Å². The Morgan fingerprint density at radius 2 is 1.44 bits per heavy atom. The van der Waals surface area contributed by atoms with Crippen molar-refractivity contribution < 1.29 is 9.53 Å². The Labute approximate surface area is 148 Å². The zero-order valence-electron chi connectivity index (χ0n) is 15.0. The Balaban J connectivity index is 2.20. The van der Waals surface area contributed by atoms with Crippen molar-refractivity contribution in [2.24, 2.45) is 7.05 Å². The quantitative estimate of drug-likeness (QED) is 0.630. The first kappa shape index (κ1) is 17.0. The molecule has 3 aromatic rings. The molecule has 0 radical (unpaired) electrons. The maximum atomic E-state index is 11.7. The van der Waals surface area contributed by atoms with E-state index in [1.54, 1.807) is 0 Å². The summed E-state index contributed by atoms with van der Waals surface area (Å²) < 4.78 is 7.03. The van der Waals surface area contributed by atoms with Crippen LogP contribution in [0.25, 0.3) is 22.3 Å². The highest BCUT2D eigenvalue weighted by molar-refractivity contribution is 5.88. The largest absolute Gasteiger partial charge is 0.469 e. The van der Waals surface area contributed by atoms with Crippen LogP contribution in [0.1, 0.15) is 17.8 Å². The van der Waals surface area contributed by atoms with E-state index in [9.17, 15) is 4.79 Å². The number of hydrogen-bond acceptors (Lipinski definition) is 2. The zero-order valence-corrected chi connectivity index (χ0v) is 15.0. The molecule has 0 spiro atoms. The van der Waals surface area contributed by atoms with Crippen molar-refractivity contribution in [1.82, 2.24) is 4.57 Å². The molecule has 0 atom stereocenters. The van der Waals surface area contributed by atoms with Crippen LogP contribution < -0.4 is 0 Å². The third-order valence-electron chi connectivity index (χ3n) is 4.73. The van der Waals surface area contributed by atoms with Gasteiger partial charge >= 0.3 is 5.97 Å². The lowest BCUT2D eigenvalue weighted by Crippen LogP contribution is -2.06. The molecule has 0 aliphatic carbocycles. The summed E-state index contributed by atoms with van der Waals surface area (Å²) in [5.41, 5.74) is 7.16. The van der Waals surface area contributed by atoms with Gasteiger partial charge in [0.1, 0.15) is 0 Å². The van der Waals surface area contributed by atoms with Crippen molar-refractivity contribution >= 4 is 5.97 Å². The van der Waals surface area contributed by atoms with Gasteiger partial charge in [0.25, 0.3) is 0 Å². The number of hydrogen-bond donors (Lipinski definition) is 0. The predicted octanol–water partition coefficient (Wildman–Crippen LogP) is 4.77. The number of carbonyl (C=O) groups is 1. The highest BCUT2D eigenvalue weighted by Crippen LogP contribution is 2.39. The van der Waals surface area contributed by atoms with E-state index < -0.39 is 0 Å². The van der Waals surface area contributed by atoms with Crippen LogP contribution in [-0.4, -0.2) is 17.6 Å². The topological polar surface area (TPSA) is 31.2 Å². The number of carbonyl (C=O) groups excluding carboxylic acids is 1. The Kier molecular flexibility index (Phi) is 5.03. The van der Waals surface area contributed by atoms with Crippen LogP contribution >= 0.6 is 0 Å². The normalized spacial score (nSPS) is 10.7. The molecular formula is C22H23NO2. The summed E-state index contributed by atoms with van der Waals surface area (Å²) in [5, 5.41) is 0. The lowest BCUT2D eigenvalue weighted by Gasteiger charge is -2.09. The summed E-state index contributed by atoms with van der Waals surface area (Å²) in [7, 11) is 3.51. The molecule has 25 heavy (non-hydrogen) atoms. The highest BCUT2D eigenvalue weighted by atomic mass is 16.5. The second-order valence-corrected chi connectivity index (χ2v) is 6.15. The lowest BCUT2D eigenvalue weighted by atomic mass is 9.94. The molecule has 3 heteroatoms. The molecular weight excluding hydrogens is 310 g/mol. The molecule has 0 unspecified atom stereocenters. The molecule has 0 aliphatic heterocycles. The summed E-state index contributed by atoms with van der Waals surface area (Å²) in [5.74, 6) is -0.181. The smallest absolute Gasteiger partial charge is 0.305 e. The van der Waals surface area contributed by atoms with E-state index in [4.69, 9.17) is 4.74 Å². The summed E-state index contributed by atoms with van der Waals surface area (Å²) in [6, 6.07) is 20.8. The van der Waals surface area contributed by atoms with Crippen molar-refractivity contribution in [3.63, 3.8) is 0 Å². The Morgan fingerprint density at radius 1 is 0.920 bits per heavy atom. The van der Waals surface area contributed by atoms with Gasteiger partial charge in [0.2, 0.25) is 0 Å². The fourth-order valence-corrected chi connectivity index (χ4v) is 3.35. The molecule has 0 saturated heterocycles. The van der Waals surface area contributed by atoms with Gasteiger partial charge in [0.15, 0.2) is 0 Å². The molecule has 0 fully saturated rings. The standard InChI is InChI=1S/C22H23NO2/c1-16-21(17-10-6-4-7-11-17)22(18-12-8-5-9-13-18)19(23(16)2)14-15-20(24)25-3/h4-13H,14-15H2,1-3H3. The Morgan fingerprint density at radius 3 is 1.96 bits per heavy atom. The molecule has 2 aromatic carbocycles.